The Morgan fingerprint density at radius 1 is 1.08 bits per heavy atom. The molecule has 1 aromatic rings. The van der Waals surface area contributed by atoms with Crippen molar-refractivity contribution >= 4 is 11.8 Å². The van der Waals surface area contributed by atoms with Gasteiger partial charge >= 0.3 is 0 Å². The Balaban J connectivity index is 1.97. The minimum absolute atomic E-state index is 0.891. The predicted octanol–water partition coefficient (Wildman–Crippen LogP) is 4.03. The fraction of sp³-hybridized carbons (Fsp3) is 0.500. The normalized spacial score (nSPS) is 17.9. The Morgan fingerprint density at radius 2 is 1.69 bits per heavy atom. The number of rotatable bonds is 2. The van der Waals surface area contributed by atoms with Crippen LogP contribution in [0.3, 0.4) is 0 Å². The molecule has 0 atom stereocenters. The molecule has 0 heterocycles. The molecule has 0 bridgehead atoms. The first-order chi connectivity index (χ1) is 6.34. The fourth-order valence-electron chi connectivity index (χ4n) is 1.82. The third-order valence-electron chi connectivity index (χ3n) is 2.63. The molecule has 0 nitrogen and oxygen atoms in total. The lowest BCUT2D eigenvalue weighted by Gasteiger charge is -2.08. The van der Waals surface area contributed by atoms with Gasteiger partial charge in [0.25, 0.3) is 0 Å². The van der Waals surface area contributed by atoms with Crippen molar-refractivity contribution in [1.82, 2.24) is 0 Å². The maximum absolute atomic E-state index is 2.25. The van der Waals surface area contributed by atoms with Gasteiger partial charge in [-0.05, 0) is 31.9 Å². The van der Waals surface area contributed by atoms with Gasteiger partial charge in [0.1, 0.15) is 0 Å². The summed E-state index contributed by atoms with van der Waals surface area (Å²) in [6.45, 7) is 2.14. The Hall–Kier alpha value is -0.430. The largest absolute Gasteiger partial charge is 0.123 e. The van der Waals surface area contributed by atoms with Crippen molar-refractivity contribution in [3.05, 3.63) is 29.8 Å². The molecule has 13 heavy (non-hydrogen) atoms. The van der Waals surface area contributed by atoms with Gasteiger partial charge in [0.05, 0.1) is 0 Å². The topological polar surface area (TPSA) is 0 Å². The zero-order valence-corrected chi connectivity index (χ0v) is 8.94. The Morgan fingerprint density at radius 3 is 2.31 bits per heavy atom. The molecular formula is C12H16S. The number of aryl methyl sites for hydroxylation is 1. The Kier molecular flexibility index (Phi) is 2.94. The molecule has 1 aliphatic carbocycles. The second-order valence-corrected chi connectivity index (χ2v) is 5.21. The van der Waals surface area contributed by atoms with Crippen LogP contribution in [0.4, 0.5) is 0 Å². The lowest BCUT2D eigenvalue weighted by atomic mass is 10.2. The summed E-state index contributed by atoms with van der Waals surface area (Å²) < 4.78 is 0. The third kappa shape index (κ3) is 2.50. The van der Waals surface area contributed by atoms with E-state index < -0.39 is 0 Å². The van der Waals surface area contributed by atoms with Crippen molar-refractivity contribution in [2.45, 2.75) is 42.8 Å². The smallest absolute Gasteiger partial charge is 0.00944 e. The summed E-state index contributed by atoms with van der Waals surface area (Å²) in [7, 11) is 0. The average Bonchev–Trinajstić information content (AvgIpc) is 2.62. The molecule has 2 rings (SSSR count). The van der Waals surface area contributed by atoms with Crippen LogP contribution in [0.5, 0.6) is 0 Å². The molecule has 0 radical (unpaired) electrons. The van der Waals surface area contributed by atoms with Crippen LogP contribution in [0.2, 0.25) is 0 Å². The van der Waals surface area contributed by atoms with E-state index in [4.69, 9.17) is 0 Å². The van der Waals surface area contributed by atoms with Crippen molar-refractivity contribution in [2.24, 2.45) is 0 Å². The van der Waals surface area contributed by atoms with Crippen LogP contribution >= 0.6 is 11.8 Å². The van der Waals surface area contributed by atoms with Crippen LogP contribution in [-0.4, -0.2) is 5.25 Å². The van der Waals surface area contributed by atoms with Crippen LogP contribution in [0.1, 0.15) is 31.2 Å². The van der Waals surface area contributed by atoms with Gasteiger partial charge in [0.15, 0.2) is 0 Å². The van der Waals surface area contributed by atoms with Gasteiger partial charge in [-0.1, -0.05) is 30.5 Å². The molecule has 0 N–H and O–H groups in total. The summed E-state index contributed by atoms with van der Waals surface area (Å²) in [5, 5.41) is 0.891. The fourth-order valence-corrected chi connectivity index (χ4v) is 3.06. The molecule has 1 aromatic carbocycles. The van der Waals surface area contributed by atoms with Crippen LogP contribution in [-0.2, 0) is 0 Å². The third-order valence-corrected chi connectivity index (χ3v) is 3.98. The highest BCUT2D eigenvalue weighted by molar-refractivity contribution is 8.00. The van der Waals surface area contributed by atoms with E-state index in [1.54, 1.807) is 0 Å². The van der Waals surface area contributed by atoms with Crippen molar-refractivity contribution in [3.8, 4) is 0 Å². The molecule has 0 spiro atoms. The van der Waals surface area contributed by atoms with Crippen LogP contribution in [0.15, 0.2) is 29.2 Å². The number of hydrogen-bond donors (Lipinski definition) is 0. The predicted molar refractivity (Wildman–Crippen MR) is 59.3 cm³/mol. The molecule has 0 aliphatic heterocycles. The minimum Gasteiger partial charge on any atom is -0.123 e. The molecule has 0 aromatic heterocycles. The standard InChI is InChI=1S/C12H16S/c1-10-6-8-12(9-7-10)13-11-4-2-3-5-11/h6-9,11H,2-5H2,1H3. The van der Waals surface area contributed by atoms with Crippen molar-refractivity contribution in [1.29, 1.82) is 0 Å². The molecular weight excluding hydrogens is 176 g/mol. The minimum atomic E-state index is 0.891. The van der Waals surface area contributed by atoms with E-state index in [1.807, 2.05) is 0 Å². The molecule has 70 valence electrons. The summed E-state index contributed by atoms with van der Waals surface area (Å²) in [4.78, 5) is 1.44. The summed E-state index contributed by atoms with van der Waals surface area (Å²) >= 11 is 2.06. The second kappa shape index (κ2) is 4.19. The molecule has 1 heteroatoms. The van der Waals surface area contributed by atoms with E-state index in [2.05, 4.69) is 43.0 Å². The van der Waals surface area contributed by atoms with Gasteiger partial charge in [-0.3, -0.25) is 0 Å². The van der Waals surface area contributed by atoms with E-state index in [0.717, 1.165) is 5.25 Å². The lowest BCUT2D eigenvalue weighted by molar-refractivity contribution is 0.886. The average molecular weight is 192 g/mol. The highest BCUT2D eigenvalue weighted by atomic mass is 32.2. The number of hydrogen-bond acceptors (Lipinski definition) is 1. The first-order valence-electron chi connectivity index (χ1n) is 5.08. The van der Waals surface area contributed by atoms with Crippen molar-refractivity contribution < 1.29 is 0 Å². The van der Waals surface area contributed by atoms with Gasteiger partial charge in [-0.25, -0.2) is 0 Å². The van der Waals surface area contributed by atoms with E-state index in [1.165, 1.54) is 36.1 Å². The van der Waals surface area contributed by atoms with Gasteiger partial charge in [0.2, 0.25) is 0 Å². The zero-order chi connectivity index (χ0) is 9.10. The number of benzene rings is 1. The van der Waals surface area contributed by atoms with Crippen LogP contribution in [0.25, 0.3) is 0 Å². The van der Waals surface area contributed by atoms with E-state index in [9.17, 15) is 0 Å². The van der Waals surface area contributed by atoms with Gasteiger partial charge in [0, 0.05) is 10.1 Å². The highest BCUT2D eigenvalue weighted by Crippen LogP contribution is 2.34. The molecule has 1 saturated carbocycles. The van der Waals surface area contributed by atoms with Crippen molar-refractivity contribution in [2.75, 3.05) is 0 Å². The summed E-state index contributed by atoms with van der Waals surface area (Å²) in [6.07, 6.45) is 5.70. The highest BCUT2D eigenvalue weighted by Gasteiger charge is 2.15. The van der Waals surface area contributed by atoms with Gasteiger partial charge in [-0.15, -0.1) is 11.8 Å². The molecule has 0 saturated heterocycles. The zero-order valence-electron chi connectivity index (χ0n) is 8.12. The monoisotopic (exact) mass is 192 g/mol. The van der Waals surface area contributed by atoms with E-state index >= 15 is 0 Å². The molecule has 1 fully saturated rings. The summed E-state index contributed by atoms with van der Waals surface area (Å²) in [5.41, 5.74) is 1.36. The Bertz CT molecular complexity index is 257. The molecule has 1 aliphatic rings. The number of thioether (sulfide) groups is 1. The first kappa shape index (κ1) is 9.14. The maximum Gasteiger partial charge on any atom is 0.00944 e. The van der Waals surface area contributed by atoms with Gasteiger partial charge in [-0.2, -0.15) is 0 Å². The SMILES string of the molecule is Cc1ccc(SC2CCCC2)cc1. The van der Waals surface area contributed by atoms with E-state index in [0.29, 0.717) is 0 Å². The summed E-state index contributed by atoms with van der Waals surface area (Å²) in [6, 6.07) is 8.91. The summed E-state index contributed by atoms with van der Waals surface area (Å²) in [5.74, 6) is 0. The van der Waals surface area contributed by atoms with Crippen molar-refractivity contribution in [3.63, 3.8) is 0 Å². The molecule has 0 unspecified atom stereocenters. The van der Waals surface area contributed by atoms with Crippen LogP contribution < -0.4 is 0 Å². The maximum atomic E-state index is 2.25. The lowest BCUT2D eigenvalue weighted by Crippen LogP contribution is -1.92. The quantitative estimate of drug-likeness (QED) is 0.681. The first-order valence-corrected chi connectivity index (χ1v) is 5.96. The van der Waals surface area contributed by atoms with Crippen LogP contribution in [0, 0.1) is 6.92 Å². The van der Waals surface area contributed by atoms with E-state index in [-0.39, 0.29) is 0 Å². The Labute approximate surface area is 84.7 Å². The second-order valence-electron chi connectivity index (χ2n) is 3.84. The van der Waals surface area contributed by atoms with Gasteiger partial charge < -0.3 is 0 Å². The molecule has 0 amide bonds.